The molecule has 27 heavy (non-hydrogen) atoms. The van der Waals surface area contributed by atoms with E-state index < -0.39 is 0 Å². The highest BCUT2D eigenvalue weighted by atomic mass is 16.1. The first-order chi connectivity index (χ1) is 13.0. The molecular weight excluding hydrogens is 330 g/mol. The van der Waals surface area contributed by atoms with Crippen molar-refractivity contribution >= 4 is 16.6 Å². The van der Waals surface area contributed by atoms with Crippen LogP contribution in [-0.4, -0.2) is 10.8 Å². The van der Waals surface area contributed by atoms with E-state index in [2.05, 4.69) is 49.2 Å². The zero-order valence-electron chi connectivity index (χ0n) is 15.6. The summed E-state index contributed by atoms with van der Waals surface area (Å²) in [4.78, 5) is 17.9. The summed E-state index contributed by atoms with van der Waals surface area (Å²) in [6, 6.07) is 18.7. The molecule has 0 fully saturated rings. The number of aryl methyl sites for hydroxylation is 3. The molecule has 0 atom stereocenters. The third kappa shape index (κ3) is 2.26. The number of rotatable bonds is 1. The molecule has 0 N–H and O–H groups in total. The fourth-order valence-electron chi connectivity index (χ4n) is 4.38. The van der Waals surface area contributed by atoms with E-state index in [1.54, 1.807) is 0 Å². The maximum Gasteiger partial charge on any atom is 0.195 e. The molecule has 2 heteroatoms. The van der Waals surface area contributed by atoms with Gasteiger partial charge >= 0.3 is 0 Å². The standard InChI is InChI=1S/C25H19NO/c1-14-11-15(2)13-17(12-14)24-21-8-7-19-18-6-4-5-16(3)22(18)25(27)23(19)20(21)9-10-26-24/h4-13H,1-3H3. The molecule has 5 rings (SSSR count). The van der Waals surface area contributed by atoms with Crippen LogP contribution in [0, 0.1) is 20.8 Å². The monoisotopic (exact) mass is 349 g/mol. The minimum Gasteiger partial charge on any atom is -0.289 e. The maximum absolute atomic E-state index is 13.3. The molecule has 0 unspecified atom stereocenters. The van der Waals surface area contributed by atoms with Gasteiger partial charge in [-0.2, -0.15) is 0 Å². The molecule has 1 aromatic heterocycles. The summed E-state index contributed by atoms with van der Waals surface area (Å²) in [5.41, 5.74) is 9.21. The Labute approximate surface area is 158 Å². The van der Waals surface area contributed by atoms with Gasteiger partial charge in [-0.15, -0.1) is 0 Å². The van der Waals surface area contributed by atoms with Crippen molar-refractivity contribution in [3.8, 4) is 22.4 Å². The molecular formula is C25H19NO. The second-order valence-corrected chi connectivity index (χ2v) is 7.45. The molecule has 0 saturated carbocycles. The molecule has 2 nitrogen and oxygen atoms in total. The highest BCUT2D eigenvalue weighted by Gasteiger charge is 2.30. The van der Waals surface area contributed by atoms with Crippen molar-refractivity contribution < 1.29 is 4.79 Å². The second-order valence-electron chi connectivity index (χ2n) is 7.45. The molecule has 0 saturated heterocycles. The van der Waals surface area contributed by atoms with Gasteiger partial charge in [-0.25, -0.2) is 0 Å². The first kappa shape index (κ1) is 16.0. The van der Waals surface area contributed by atoms with E-state index in [9.17, 15) is 4.79 Å². The fourth-order valence-corrected chi connectivity index (χ4v) is 4.38. The van der Waals surface area contributed by atoms with E-state index >= 15 is 0 Å². The van der Waals surface area contributed by atoms with Gasteiger partial charge in [-0.3, -0.25) is 9.78 Å². The Morgan fingerprint density at radius 3 is 2.26 bits per heavy atom. The van der Waals surface area contributed by atoms with Crippen LogP contribution >= 0.6 is 0 Å². The SMILES string of the molecule is Cc1cc(C)cc(-c2nccc3c4c(ccc23)-c2cccc(C)c2C4=O)c1. The molecule has 0 spiro atoms. The Hall–Kier alpha value is -3.26. The summed E-state index contributed by atoms with van der Waals surface area (Å²) in [5, 5.41) is 2.01. The zero-order chi connectivity index (χ0) is 18.7. The van der Waals surface area contributed by atoms with E-state index in [0.29, 0.717) is 0 Å². The predicted octanol–water partition coefficient (Wildman–Crippen LogP) is 6.04. The van der Waals surface area contributed by atoms with E-state index in [0.717, 1.165) is 49.8 Å². The Kier molecular flexibility index (Phi) is 3.32. The van der Waals surface area contributed by atoms with Crippen molar-refractivity contribution in [1.82, 2.24) is 4.98 Å². The average Bonchev–Trinajstić information content (AvgIpc) is 2.94. The smallest absolute Gasteiger partial charge is 0.195 e. The van der Waals surface area contributed by atoms with E-state index in [1.165, 1.54) is 11.1 Å². The van der Waals surface area contributed by atoms with Gasteiger partial charge in [0, 0.05) is 28.3 Å². The zero-order valence-corrected chi connectivity index (χ0v) is 15.6. The molecule has 1 aliphatic rings. The summed E-state index contributed by atoms with van der Waals surface area (Å²) in [6.07, 6.45) is 1.82. The fraction of sp³-hybridized carbons (Fsp3) is 0.120. The lowest BCUT2D eigenvalue weighted by molar-refractivity contribution is 0.104. The molecule has 3 aromatic carbocycles. The Balaban J connectivity index is 1.83. The first-order valence-electron chi connectivity index (χ1n) is 9.19. The summed E-state index contributed by atoms with van der Waals surface area (Å²) < 4.78 is 0. The van der Waals surface area contributed by atoms with Crippen LogP contribution in [0.25, 0.3) is 33.2 Å². The molecule has 1 heterocycles. The van der Waals surface area contributed by atoms with E-state index in [-0.39, 0.29) is 5.78 Å². The molecule has 0 bridgehead atoms. The van der Waals surface area contributed by atoms with Gasteiger partial charge in [0.1, 0.15) is 0 Å². The van der Waals surface area contributed by atoms with Crippen molar-refractivity contribution in [3.05, 3.63) is 88.6 Å². The lowest BCUT2D eigenvalue weighted by Gasteiger charge is -2.11. The molecule has 0 aliphatic heterocycles. The van der Waals surface area contributed by atoms with Crippen molar-refractivity contribution in [2.45, 2.75) is 20.8 Å². The normalized spacial score (nSPS) is 12.3. The van der Waals surface area contributed by atoms with Crippen molar-refractivity contribution in [2.75, 3.05) is 0 Å². The minimum absolute atomic E-state index is 0.126. The van der Waals surface area contributed by atoms with Crippen molar-refractivity contribution in [2.24, 2.45) is 0 Å². The predicted molar refractivity (Wildman–Crippen MR) is 110 cm³/mol. The number of aromatic nitrogens is 1. The summed E-state index contributed by atoms with van der Waals surface area (Å²) in [7, 11) is 0. The molecule has 0 radical (unpaired) electrons. The quantitative estimate of drug-likeness (QED) is 0.369. The highest BCUT2D eigenvalue weighted by Crippen LogP contribution is 2.42. The summed E-state index contributed by atoms with van der Waals surface area (Å²) in [5.74, 6) is 0.126. The number of benzene rings is 3. The van der Waals surface area contributed by atoms with E-state index in [1.807, 2.05) is 37.4 Å². The van der Waals surface area contributed by atoms with Gasteiger partial charge in [0.25, 0.3) is 0 Å². The molecule has 4 aromatic rings. The van der Waals surface area contributed by atoms with Crippen molar-refractivity contribution in [1.29, 1.82) is 0 Å². The summed E-state index contributed by atoms with van der Waals surface area (Å²) >= 11 is 0. The number of fused-ring (bicyclic) bond motifs is 5. The van der Waals surface area contributed by atoms with Gasteiger partial charge < -0.3 is 0 Å². The molecule has 0 amide bonds. The Bertz CT molecular complexity index is 1250. The largest absolute Gasteiger partial charge is 0.289 e. The van der Waals surface area contributed by atoms with Crippen LogP contribution < -0.4 is 0 Å². The number of carbonyl (C=O) groups is 1. The third-order valence-electron chi connectivity index (χ3n) is 5.46. The lowest BCUT2D eigenvalue weighted by Crippen LogP contribution is -1.99. The second kappa shape index (κ2) is 5.62. The van der Waals surface area contributed by atoms with Crippen LogP contribution in [0.4, 0.5) is 0 Å². The number of hydrogen-bond acceptors (Lipinski definition) is 2. The van der Waals surface area contributed by atoms with Crippen LogP contribution in [-0.2, 0) is 0 Å². The number of pyridine rings is 1. The molecule has 1 aliphatic carbocycles. The van der Waals surface area contributed by atoms with Crippen LogP contribution in [0.3, 0.4) is 0 Å². The average molecular weight is 349 g/mol. The first-order valence-corrected chi connectivity index (χ1v) is 9.19. The van der Waals surface area contributed by atoms with Gasteiger partial charge in [0.2, 0.25) is 0 Å². The molecule has 130 valence electrons. The number of carbonyl (C=O) groups excluding carboxylic acids is 1. The van der Waals surface area contributed by atoms with Crippen LogP contribution in [0.2, 0.25) is 0 Å². The van der Waals surface area contributed by atoms with Crippen LogP contribution in [0.5, 0.6) is 0 Å². The topological polar surface area (TPSA) is 30.0 Å². The Morgan fingerprint density at radius 2 is 1.48 bits per heavy atom. The number of ketones is 1. The number of hydrogen-bond donors (Lipinski definition) is 0. The lowest BCUT2D eigenvalue weighted by atomic mass is 9.95. The van der Waals surface area contributed by atoms with Gasteiger partial charge in [0.05, 0.1) is 5.69 Å². The third-order valence-corrected chi connectivity index (χ3v) is 5.46. The van der Waals surface area contributed by atoms with Gasteiger partial charge in [-0.05, 0) is 61.0 Å². The van der Waals surface area contributed by atoms with Crippen molar-refractivity contribution in [3.63, 3.8) is 0 Å². The summed E-state index contributed by atoms with van der Waals surface area (Å²) in [6.45, 7) is 6.21. The van der Waals surface area contributed by atoms with Gasteiger partial charge in [0.15, 0.2) is 5.78 Å². The highest BCUT2D eigenvalue weighted by molar-refractivity contribution is 6.28. The van der Waals surface area contributed by atoms with Gasteiger partial charge in [-0.1, -0.05) is 47.5 Å². The van der Waals surface area contributed by atoms with Crippen LogP contribution in [0.1, 0.15) is 32.6 Å². The van der Waals surface area contributed by atoms with E-state index in [4.69, 9.17) is 0 Å². The Morgan fingerprint density at radius 1 is 0.741 bits per heavy atom. The number of nitrogens with zero attached hydrogens (tertiary/aromatic N) is 1. The van der Waals surface area contributed by atoms with Crippen LogP contribution in [0.15, 0.2) is 60.8 Å². The maximum atomic E-state index is 13.3. The minimum atomic E-state index is 0.126.